The Morgan fingerprint density at radius 3 is 1.73 bits per heavy atom. The molecule has 4 heteroatoms. The van der Waals surface area contributed by atoms with Gasteiger partial charge in [-0.3, -0.25) is 0 Å². The minimum absolute atomic E-state index is 0. The summed E-state index contributed by atoms with van der Waals surface area (Å²) in [7, 11) is 8.34. The number of nitriles is 1. The van der Waals surface area contributed by atoms with Gasteiger partial charge in [0.05, 0.1) is 11.5 Å². The van der Waals surface area contributed by atoms with Gasteiger partial charge in [-0.2, -0.15) is 5.26 Å². The minimum atomic E-state index is -0.340. The zero-order valence-electron chi connectivity index (χ0n) is 14.4. The van der Waals surface area contributed by atoms with Crippen LogP contribution >= 0.6 is 12.4 Å². The van der Waals surface area contributed by atoms with E-state index in [2.05, 4.69) is 56.2 Å². The molecule has 124 valence electrons. The maximum atomic E-state index is 9.88. The number of nitrogens with zero attached hydrogens (tertiary/aromatic N) is 3. The van der Waals surface area contributed by atoms with Gasteiger partial charge in [-0.15, -0.1) is 12.4 Å². The molecule has 0 aliphatic carbocycles. The fourth-order valence-corrected chi connectivity index (χ4v) is 2.74. The highest BCUT2D eigenvalue weighted by Gasteiger charge is 2.31. The summed E-state index contributed by atoms with van der Waals surface area (Å²) in [6.07, 6.45) is 3.97. The van der Waals surface area contributed by atoms with Crippen LogP contribution in [0.1, 0.15) is 31.2 Å². The molecule has 0 aliphatic rings. The molecule has 0 saturated carbocycles. The van der Waals surface area contributed by atoms with Gasteiger partial charge in [0, 0.05) is 0 Å². The summed E-state index contributed by atoms with van der Waals surface area (Å²) in [4.78, 5) is 4.37. The molecule has 0 amide bonds. The van der Waals surface area contributed by atoms with Crippen molar-refractivity contribution in [2.45, 2.75) is 31.1 Å². The molecule has 0 radical (unpaired) electrons. The molecule has 22 heavy (non-hydrogen) atoms. The summed E-state index contributed by atoms with van der Waals surface area (Å²) in [5, 5.41) is 9.88. The Morgan fingerprint density at radius 2 is 1.36 bits per heavy atom. The number of halogens is 1. The Hall–Kier alpha value is -1.08. The fraction of sp³-hybridized carbons (Fsp3) is 0.611. The number of rotatable bonds is 9. The maximum Gasteiger partial charge on any atom is 0.0823 e. The predicted octanol–water partition coefficient (Wildman–Crippen LogP) is 3.55. The van der Waals surface area contributed by atoms with Crippen LogP contribution in [0.2, 0.25) is 0 Å². The van der Waals surface area contributed by atoms with Gasteiger partial charge in [-0.25, -0.2) is 0 Å². The van der Waals surface area contributed by atoms with Crippen LogP contribution in [0.15, 0.2) is 30.3 Å². The van der Waals surface area contributed by atoms with E-state index in [9.17, 15) is 5.26 Å². The molecule has 1 aromatic carbocycles. The van der Waals surface area contributed by atoms with Crippen LogP contribution in [0.3, 0.4) is 0 Å². The van der Waals surface area contributed by atoms with Crippen molar-refractivity contribution in [1.82, 2.24) is 9.80 Å². The van der Waals surface area contributed by atoms with Crippen LogP contribution in [0.4, 0.5) is 0 Å². The second-order valence-electron chi connectivity index (χ2n) is 6.37. The Morgan fingerprint density at radius 1 is 0.909 bits per heavy atom. The van der Waals surface area contributed by atoms with Crippen molar-refractivity contribution in [3.63, 3.8) is 0 Å². The molecule has 0 spiro atoms. The van der Waals surface area contributed by atoms with E-state index >= 15 is 0 Å². The first kappa shape index (κ1) is 20.9. The summed E-state index contributed by atoms with van der Waals surface area (Å²) in [5.41, 5.74) is 0.831. The molecule has 3 nitrogen and oxygen atoms in total. The predicted molar refractivity (Wildman–Crippen MR) is 96.6 cm³/mol. The van der Waals surface area contributed by atoms with E-state index in [1.165, 1.54) is 5.56 Å². The Kier molecular flexibility index (Phi) is 10.1. The minimum Gasteiger partial charge on any atom is -0.309 e. The van der Waals surface area contributed by atoms with E-state index in [1.807, 2.05) is 18.2 Å². The van der Waals surface area contributed by atoms with Gasteiger partial charge in [0.25, 0.3) is 0 Å². The highest BCUT2D eigenvalue weighted by molar-refractivity contribution is 5.85. The van der Waals surface area contributed by atoms with Crippen molar-refractivity contribution in [2.75, 3.05) is 41.3 Å². The average Bonchev–Trinajstić information content (AvgIpc) is 2.46. The number of benzene rings is 1. The fourth-order valence-electron chi connectivity index (χ4n) is 2.74. The SMILES string of the molecule is CN(C)CCCC(C#N)(CCCN(C)C)c1ccccc1.Cl. The van der Waals surface area contributed by atoms with E-state index < -0.39 is 0 Å². The van der Waals surface area contributed by atoms with Crippen LogP contribution < -0.4 is 0 Å². The van der Waals surface area contributed by atoms with Crippen LogP contribution in [-0.4, -0.2) is 51.1 Å². The lowest BCUT2D eigenvalue weighted by Gasteiger charge is -2.28. The van der Waals surface area contributed by atoms with Crippen molar-refractivity contribution >= 4 is 12.4 Å². The van der Waals surface area contributed by atoms with E-state index in [-0.39, 0.29) is 17.8 Å². The molecule has 0 unspecified atom stereocenters. The third-order valence-electron chi connectivity index (χ3n) is 3.96. The molecule has 1 aromatic rings. The highest BCUT2D eigenvalue weighted by Crippen LogP contribution is 2.33. The topological polar surface area (TPSA) is 30.3 Å². The van der Waals surface area contributed by atoms with Gasteiger partial charge in [-0.1, -0.05) is 30.3 Å². The molecule has 0 atom stereocenters. The van der Waals surface area contributed by atoms with Crippen LogP contribution in [0, 0.1) is 11.3 Å². The van der Waals surface area contributed by atoms with Crippen molar-refractivity contribution in [1.29, 1.82) is 5.26 Å². The molecule has 0 fully saturated rings. The normalized spacial score (nSPS) is 11.3. The second kappa shape index (κ2) is 10.6. The Bertz CT molecular complexity index is 423. The van der Waals surface area contributed by atoms with Crippen LogP contribution in [-0.2, 0) is 5.41 Å². The Balaban J connectivity index is 0.00000441. The highest BCUT2D eigenvalue weighted by atomic mass is 35.5. The molecule has 0 bridgehead atoms. The zero-order chi connectivity index (χ0) is 15.7. The molecular formula is C18H30ClN3. The van der Waals surface area contributed by atoms with Gasteiger partial charge in [-0.05, 0) is 72.5 Å². The quantitative estimate of drug-likeness (QED) is 0.696. The van der Waals surface area contributed by atoms with E-state index in [1.54, 1.807) is 0 Å². The van der Waals surface area contributed by atoms with E-state index in [0.29, 0.717) is 0 Å². The maximum absolute atomic E-state index is 9.88. The third kappa shape index (κ3) is 6.79. The largest absolute Gasteiger partial charge is 0.309 e. The van der Waals surface area contributed by atoms with Crippen molar-refractivity contribution in [3.8, 4) is 6.07 Å². The standard InChI is InChI=1S/C18H29N3.ClH/c1-20(2)14-8-12-18(16-19,13-9-15-21(3)4)17-10-6-5-7-11-17;/h5-7,10-11H,8-9,12-15H2,1-4H3;1H. The molecule has 1 rings (SSSR count). The van der Waals surface area contributed by atoms with Crippen LogP contribution in [0.25, 0.3) is 0 Å². The van der Waals surface area contributed by atoms with E-state index in [4.69, 9.17) is 0 Å². The molecule has 0 N–H and O–H groups in total. The van der Waals surface area contributed by atoms with E-state index in [0.717, 1.165) is 38.8 Å². The molecule has 0 aromatic heterocycles. The molecule has 0 heterocycles. The second-order valence-corrected chi connectivity index (χ2v) is 6.37. The lowest BCUT2D eigenvalue weighted by atomic mass is 9.74. The first-order valence-corrected chi connectivity index (χ1v) is 7.76. The lowest BCUT2D eigenvalue weighted by molar-refractivity contribution is 0.334. The summed E-state index contributed by atoms with van der Waals surface area (Å²) >= 11 is 0. The van der Waals surface area contributed by atoms with Crippen molar-refractivity contribution < 1.29 is 0 Å². The summed E-state index contributed by atoms with van der Waals surface area (Å²) in [5.74, 6) is 0. The summed E-state index contributed by atoms with van der Waals surface area (Å²) in [6.45, 7) is 2.06. The third-order valence-corrected chi connectivity index (χ3v) is 3.96. The average molecular weight is 324 g/mol. The van der Waals surface area contributed by atoms with Crippen molar-refractivity contribution in [3.05, 3.63) is 35.9 Å². The molecule has 0 saturated heterocycles. The lowest BCUT2D eigenvalue weighted by Crippen LogP contribution is -2.27. The monoisotopic (exact) mass is 323 g/mol. The Labute approximate surface area is 142 Å². The molecular weight excluding hydrogens is 294 g/mol. The number of hydrogen-bond donors (Lipinski definition) is 0. The molecule has 0 aliphatic heterocycles. The first-order chi connectivity index (χ1) is 10.00. The smallest absolute Gasteiger partial charge is 0.0823 e. The zero-order valence-corrected chi connectivity index (χ0v) is 15.2. The van der Waals surface area contributed by atoms with Gasteiger partial charge >= 0.3 is 0 Å². The van der Waals surface area contributed by atoms with Crippen molar-refractivity contribution in [2.24, 2.45) is 0 Å². The first-order valence-electron chi connectivity index (χ1n) is 7.76. The summed E-state index contributed by atoms with van der Waals surface area (Å²) in [6, 6.07) is 13.0. The van der Waals surface area contributed by atoms with Gasteiger partial charge in [0.1, 0.15) is 0 Å². The summed E-state index contributed by atoms with van der Waals surface area (Å²) < 4.78 is 0. The van der Waals surface area contributed by atoms with Gasteiger partial charge in [0.2, 0.25) is 0 Å². The van der Waals surface area contributed by atoms with Gasteiger partial charge < -0.3 is 9.80 Å². The van der Waals surface area contributed by atoms with Crippen LogP contribution in [0.5, 0.6) is 0 Å². The number of hydrogen-bond acceptors (Lipinski definition) is 3. The van der Waals surface area contributed by atoms with Gasteiger partial charge in [0.15, 0.2) is 0 Å².